The molecule has 2 heterocycles. The molecule has 0 radical (unpaired) electrons. The summed E-state index contributed by atoms with van der Waals surface area (Å²) in [7, 11) is 0. The van der Waals surface area contributed by atoms with Crippen LogP contribution in [0, 0.1) is 0 Å². The molecule has 1 aliphatic rings. The Morgan fingerprint density at radius 2 is 2.00 bits per heavy atom. The Bertz CT molecular complexity index is 356. The molecule has 2 N–H and O–H groups in total. The quantitative estimate of drug-likeness (QED) is 0.850. The summed E-state index contributed by atoms with van der Waals surface area (Å²) in [6.07, 6.45) is 3.73. The Morgan fingerprint density at radius 1 is 1.29 bits per heavy atom. The predicted octanol–water partition coefficient (Wildman–Crippen LogP) is 1.07. The minimum absolute atomic E-state index is 0.563. The number of piperazine rings is 1. The van der Waals surface area contributed by atoms with Gasteiger partial charge in [0, 0.05) is 62.4 Å². The van der Waals surface area contributed by atoms with Crippen LogP contribution in [0.4, 0.5) is 5.69 Å². The largest absolute Gasteiger partial charge is 0.369 e. The number of hydrogen-bond donors (Lipinski definition) is 1. The second-order valence-corrected chi connectivity index (χ2v) is 4.83. The third-order valence-electron chi connectivity index (χ3n) is 3.48. The van der Waals surface area contributed by atoms with Crippen molar-refractivity contribution in [3.05, 3.63) is 24.0 Å². The van der Waals surface area contributed by atoms with Gasteiger partial charge < -0.3 is 10.6 Å². The van der Waals surface area contributed by atoms with Crippen LogP contribution in [0.2, 0.25) is 0 Å². The highest BCUT2D eigenvalue weighted by atomic mass is 15.3. The molecule has 0 aromatic carbocycles. The van der Waals surface area contributed by atoms with Crippen molar-refractivity contribution >= 4 is 5.69 Å². The van der Waals surface area contributed by atoms with Gasteiger partial charge in [-0.05, 0) is 19.9 Å². The van der Waals surface area contributed by atoms with E-state index in [2.05, 4.69) is 34.7 Å². The first-order valence-corrected chi connectivity index (χ1v) is 6.34. The first kappa shape index (κ1) is 12.3. The van der Waals surface area contributed by atoms with Crippen LogP contribution in [-0.4, -0.2) is 42.1 Å². The minimum Gasteiger partial charge on any atom is -0.369 e. The molecule has 17 heavy (non-hydrogen) atoms. The van der Waals surface area contributed by atoms with Crippen LogP contribution in [-0.2, 0) is 6.54 Å². The zero-order valence-electron chi connectivity index (χ0n) is 10.8. The molecular weight excluding hydrogens is 212 g/mol. The van der Waals surface area contributed by atoms with Gasteiger partial charge in [0.05, 0.1) is 0 Å². The summed E-state index contributed by atoms with van der Waals surface area (Å²) in [5, 5.41) is 0. The van der Waals surface area contributed by atoms with Gasteiger partial charge in [-0.3, -0.25) is 9.88 Å². The third-order valence-corrected chi connectivity index (χ3v) is 3.48. The van der Waals surface area contributed by atoms with Gasteiger partial charge in [-0.1, -0.05) is 0 Å². The van der Waals surface area contributed by atoms with Crippen LogP contribution in [0.15, 0.2) is 18.5 Å². The van der Waals surface area contributed by atoms with Crippen molar-refractivity contribution in [2.45, 2.75) is 26.4 Å². The molecule has 0 amide bonds. The Labute approximate surface area is 103 Å². The summed E-state index contributed by atoms with van der Waals surface area (Å²) in [5.41, 5.74) is 8.16. The molecule has 1 aliphatic heterocycles. The highest BCUT2D eigenvalue weighted by Crippen LogP contribution is 2.20. The predicted molar refractivity (Wildman–Crippen MR) is 71.1 cm³/mol. The van der Waals surface area contributed by atoms with Crippen LogP contribution >= 0.6 is 0 Å². The van der Waals surface area contributed by atoms with E-state index in [-0.39, 0.29) is 0 Å². The molecule has 1 aromatic heterocycles. The smallest absolute Gasteiger partial charge is 0.0443 e. The van der Waals surface area contributed by atoms with Gasteiger partial charge in [0.2, 0.25) is 0 Å². The Kier molecular flexibility index (Phi) is 3.97. The van der Waals surface area contributed by atoms with E-state index in [1.165, 1.54) is 5.69 Å². The summed E-state index contributed by atoms with van der Waals surface area (Å²) in [5.74, 6) is 0. The summed E-state index contributed by atoms with van der Waals surface area (Å²) in [6.45, 7) is 9.49. The fraction of sp³-hybridized carbons (Fsp3) is 0.615. The molecule has 1 saturated heterocycles. The Hall–Kier alpha value is -1.13. The average Bonchev–Trinajstić information content (AvgIpc) is 2.39. The maximum Gasteiger partial charge on any atom is 0.0443 e. The zero-order chi connectivity index (χ0) is 12.3. The topological polar surface area (TPSA) is 45.4 Å². The Balaban J connectivity index is 2.05. The van der Waals surface area contributed by atoms with Crippen LogP contribution in [0.25, 0.3) is 0 Å². The number of nitrogens with zero attached hydrogens (tertiary/aromatic N) is 3. The number of rotatable bonds is 3. The SMILES string of the molecule is CC(C)N1CCN(c2ccncc2CN)CC1. The maximum atomic E-state index is 5.76. The van der Waals surface area contributed by atoms with E-state index in [1.807, 2.05) is 12.4 Å². The van der Waals surface area contributed by atoms with Gasteiger partial charge in [-0.25, -0.2) is 0 Å². The van der Waals surface area contributed by atoms with Gasteiger partial charge >= 0.3 is 0 Å². The highest BCUT2D eigenvalue weighted by Gasteiger charge is 2.20. The highest BCUT2D eigenvalue weighted by molar-refractivity contribution is 5.52. The lowest BCUT2D eigenvalue weighted by Gasteiger charge is -2.38. The molecular formula is C13H22N4. The van der Waals surface area contributed by atoms with Crippen LogP contribution < -0.4 is 10.6 Å². The molecule has 0 aliphatic carbocycles. The molecule has 4 nitrogen and oxygen atoms in total. The average molecular weight is 234 g/mol. The van der Waals surface area contributed by atoms with E-state index in [0.29, 0.717) is 12.6 Å². The lowest BCUT2D eigenvalue weighted by molar-refractivity contribution is 0.209. The first-order valence-electron chi connectivity index (χ1n) is 6.34. The molecule has 0 saturated carbocycles. The first-order chi connectivity index (χ1) is 8.22. The van der Waals surface area contributed by atoms with E-state index >= 15 is 0 Å². The third kappa shape index (κ3) is 2.76. The second kappa shape index (κ2) is 5.47. The van der Waals surface area contributed by atoms with Crippen molar-refractivity contribution in [2.24, 2.45) is 5.73 Å². The number of aromatic nitrogens is 1. The molecule has 94 valence electrons. The van der Waals surface area contributed by atoms with E-state index in [0.717, 1.165) is 31.7 Å². The standard InChI is InChI=1S/C13H22N4/c1-11(2)16-5-7-17(8-6-16)13-3-4-15-10-12(13)9-14/h3-4,10-11H,5-9,14H2,1-2H3. The lowest BCUT2D eigenvalue weighted by atomic mass is 10.1. The van der Waals surface area contributed by atoms with Crippen molar-refractivity contribution in [3.63, 3.8) is 0 Å². The van der Waals surface area contributed by atoms with Gasteiger partial charge in [-0.15, -0.1) is 0 Å². The molecule has 0 atom stereocenters. The van der Waals surface area contributed by atoms with E-state index in [9.17, 15) is 0 Å². The molecule has 4 heteroatoms. The number of nitrogens with two attached hydrogens (primary N) is 1. The van der Waals surface area contributed by atoms with Gasteiger partial charge in [0.1, 0.15) is 0 Å². The number of anilines is 1. The fourth-order valence-corrected chi connectivity index (χ4v) is 2.36. The lowest BCUT2D eigenvalue weighted by Crippen LogP contribution is -2.49. The summed E-state index contributed by atoms with van der Waals surface area (Å²) >= 11 is 0. The second-order valence-electron chi connectivity index (χ2n) is 4.83. The van der Waals surface area contributed by atoms with Crippen LogP contribution in [0.5, 0.6) is 0 Å². The summed E-state index contributed by atoms with van der Waals surface area (Å²) in [4.78, 5) is 9.07. The van der Waals surface area contributed by atoms with Crippen molar-refractivity contribution in [1.29, 1.82) is 0 Å². The molecule has 0 spiro atoms. The Morgan fingerprint density at radius 3 is 2.59 bits per heavy atom. The normalized spacial score (nSPS) is 17.8. The summed E-state index contributed by atoms with van der Waals surface area (Å²) in [6, 6.07) is 2.72. The van der Waals surface area contributed by atoms with Crippen molar-refractivity contribution in [1.82, 2.24) is 9.88 Å². The maximum absolute atomic E-state index is 5.76. The zero-order valence-corrected chi connectivity index (χ0v) is 10.8. The van der Waals surface area contributed by atoms with Crippen LogP contribution in [0.1, 0.15) is 19.4 Å². The fourth-order valence-electron chi connectivity index (χ4n) is 2.36. The molecule has 2 rings (SSSR count). The van der Waals surface area contributed by atoms with Gasteiger partial charge in [0.15, 0.2) is 0 Å². The minimum atomic E-state index is 0.563. The number of hydrogen-bond acceptors (Lipinski definition) is 4. The monoisotopic (exact) mass is 234 g/mol. The van der Waals surface area contributed by atoms with Crippen LogP contribution in [0.3, 0.4) is 0 Å². The molecule has 1 fully saturated rings. The molecule has 1 aromatic rings. The summed E-state index contributed by atoms with van der Waals surface area (Å²) < 4.78 is 0. The van der Waals surface area contributed by atoms with E-state index in [4.69, 9.17) is 5.73 Å². The molecule has 0 bridgehead atoms. The molecule has 0 unspecified atom stereocenters. The van der Waals surface area contributed by atoms with Gasteiger partial charge in [0.25, 0.3) is 0 Å². The van der Waals surface area contributed by atoms with E-state index < -0.39 is 0 Å². The van der Waals surface area contributed by atoms with Crippen molar-refractivity contribution < 1.29 is 0 Å². The van der Waals surface area contributed by atoms with Gasteiger partial charge in [-0.2, -0.15) is 0 Å². The van der Waals surface area contributed by atoms with Crippen molar-refractivity contribution in [3.8, 4) is 0 Å². The van der Waals surface area contributed by atoms with E-state index in [1.54, 1.807) is 0 Å². The van der Waals surface area contributed by atoms with Crippen molar-refractivity contribution in [2.75, 3.05) is 31.1 Å². The number of pyridine rings is 1.